The molecular formula is C16H11Br2N3O2. The predicted molar refractivity (Wildman–Crippen MR) is 95.5 cm³/mol. The van der Waals surface area contributed by atoms with Gasteiger partial charge in [0.25, 0.3) is 0 Å². The molecule has 0 amide bonds. The molecule has 7 heteroatoms. The second kappa shape index (κ2) is 5.58. The lowest BCUT2D eigenvalue weighted by Crippen LogP contribution is -1.85. The number of oxazole rings is 1. The van der Waals surface area contributed by atoms with Crippen molar-refractivity contribution in [2.45, 2.75) is 0 Å². The molecule has 0 bridgehead atoms. The molecule has 0 saturated heterocycles. The van der Waals surface area contributed by atoms with Gasteiger partial charge in [0, 0.05) is 26.9 Å². The number of aromatic amines is 2. The minimum Gasteiger partial charge on any atom is -0.496 e. The van der Waals surface area contributed by atoms with Crippen molar-refractivity contribution < 1.29 is 9.15 Å². The smallest absolute Gasteiger partial charge is 0.243 e. The lowest BCUT2D eigenvalue weighted by molar-refractivity contribution is 0.419. The summed E-state index contributed by atoms with van der Waals surface area (Å²) in [5, 5.41) is 0.964. The summed E-state index contributed by atoms with van der Waals surface area (Å²) in [7, 11) is 1.65. The Hall–Kier alpha value is -1.99. The van der Waals surface area contributed by atoms with E-state index in [9.17, 15) is 0 Å². The minimum absolute atomic E-state index is 0.538. The third-order valence-corrected chi connectivity index (χ3v) is 4.49. The molecule has 2 N–H and O–H groups in total. The molecule has 0 atom stereocenters. The Morgan fingerprint density at radius 3 is 2.70 bits per heavy atom. The van der Waals surface area contributed by atoms with Gasteiger partial charge in [-0.2, -0.15) is 0 Å². The van der Waals surface area contributed by atoms with Crippen LogP contribution in [-0.2, 0) is 0 Å². The van der Waals surface area contributed by atoms with Crippen LogP contribution in [0.4, 0.5) is 0 Å². The van der Waals surface area contributed by atoms with Gasteiger partial charge in [0.05, 0.1) is 24.2 Å². The standard InChI is InChI=1S/C16H11Br2N3O2/c1-22-13-4-8(17)2-11-15(13)10(6-20-11)14-7-21-16(23-14)12-3-9(18)5-19-12/h2-7,19-20H,1H3. The van der Waals surface area contributed by atoms with Gasteiger partial charge in [0.15, 0.2) is 5.76 Å². The van der Waals surface area contributed by atoms with Crippen LogP contribution < -0.4 is 4.74 Å². The molecule has 0 radical (unpaired) electrons. The van der Waals surface area contributed by atoms with Crippen molar-refractivity contribution in [3.63, 3.8) is 0 Å². The lowest BCUT2D eigenvalue weighted by Gasteiger charge is -2.04. The minimum atomic E-state index is 0.538. The second-order valence-corrected chi connectivity index (χ2v) is 6.83. The molecule has 0 aliphatic carbocycles. The van der Waals surface area contributed by atoms with Crippen molar-refractivity contribution in [2.75, 3.05) is 7.11 Å². The van der Waals surface area contributed by atoms with E-state index in [1.807, 2.05) is 30.6 Å². The van der Waals surface area contributed by atoms with Crippen molar-refractivity contribution >= 4 is 42.8 Å². The molecule has 5 nitrogen and oxygen atoms in total. The third-order valence-electron chi connectivity index (χ3n) is 3.58. The summed E-state index contributed by atoms with van der Waals surface area (Å²) >= 11 is 6.89. The maximum Gasteiger partial charge on any atom is 0.243 e. The van der Waals surface area contributed by atoms with Gasteiger partial charge in [-0.05, 0) is 34.1 Å². The van der Waals surface area contributed by atoms with E-state index in [4.69, 9.17) is 9.15 Å². The SMILES string of the molecule is COc1cc(Br)cc2[nH]cc(-c3cnc(-c4cc(Br)c[nH]4)o3)c12. The fraction of sp³-hybridized carbons (Fsp3) is 0.0625. The number of halogens is 2. The zero-order valence-electron chi connectivity index (χ0n) is 12.0. The summed E-state index contributed by atoms with van der Waals surface area (Å²) in [5.41, 5.74) is 2.69. The number of hydrogen-bond donors (Lipinski definition) is 2. The Labute approximate surface area is 148 Å². The molecule has 0 unspecified atom stereocenters. The molecule has 4 rings (SSSR count). The average Bonchev–Trinajstić information content (AvgIpc) is 3.24. The van der Waals surface area contributed by atoms with Crippen LogP contribution in [0, 0.1) is 0 Å². The van der Waals surface area contributed by atoms with Gasteiger partial charge in [-0.25, -0.2) is 4.98 Å². The van der Waals surface area contributed by atoms with E-state index in [0.29, 0.717) is 11.7 Å². The summed E-state index contributed by atoms with van der Waals surface area (Å²) in [5.74, 6) is 1.99. The molecule has 116 valence electrons. The Kier molecular flexibility index (Phi) is 3.54. The number of hydrogen-bond acceptors (Lipinski definition) is 3. The van der Waals surface area contributed by atoms with Crippen LogP contribution in [-0.4, -0.2) is 22.1 Å². The second-order valence-electron chi connectivity index (χ2n) is 4.99. The quantitative estimate of drug-likeness (QED) is 0.454. The largest absolute Gasteiger partial charge is 0.496 e. The van der Waals surface area contributed by atoms with E-state index < -0.39 is 0 Å². The Morgan fingerprint density at radius 2 is 1.96 bits per heavy atom. The van der Waals surface area contributed by atoms with Crippen LogP contribution in [0.25, 0.3) is 33.8 Å². The van der Waals surface area contributed by atoms with Crippen molar-refractivity contribution in [1.29, 1.82) is 0 Å². The number of fused-ring (bicyclic) bond motifs is 1. The highest BCUT2D eigenvalue weighted by Gasteiger charge is 2.17. The first-order valence-corrected chi connectivity index (χ1v) is 8.39. The van der Waals surface area contributed by atoms with Gasteiger partial charge in [-0.1, -0.05) is 15.9 Å². The first kappa shape index (κ1) is 14.6. The van der Waals surface area contributed by atoms with Gasteiger partial charge in [-0.3, -0.25) is 0 Å². The van der Waals surface area contributed by atoms with Gasteiger partial charge < -0.3 is 19.1 Å². The highest BCUT2D eigenvalue weighted by atomic mass is 79.9. The van der Waals surface area contributed by atoms with Crippen molar-refractivity contribution in [3.05, 3.63) is 45.7 Å². The first-order chi connectivity index (χ1) is 11.2. The monoisotopic (exact) mass is 435 g/mol. The number of ether oxygens (including phenoxy) is 1. The molecule has 3 aromatic heterocycles. The van der Waals surface area contributed by atoms with Crippen LogP contribution in [0.3, 0.4) is 0 Å². The Morgan fingerprint density at radius 1 is 1.09 bits per heavy atom. The summed E-state index contributed by atoms with van der Waals surface area (Å²) in [6, 6.07) is 5.85. The molecule has 0 aliphatic rings. The van der Waals surface area contributed by atoms with E-state index in [1.165, 1.54) is 0 Å². The first-order valence-electron chi connectivity index (χ1n) is 6.81. The van der Waals surface area contributed by atoms with Crippen LogP contribution in [0.2, 0.25) is 0 Å². The normalized spacial score (nSPS) is 11.3. The zero-order chi connectivity index (χ0) is 16.0. The molecule has 0 spiro atoms. The predicted octanol–water partition coefficient (Wildman–Crippen LogP) is 5.35. The number of nitrogens with zero attached hydrogens (tertiary/aromatic N) is 1. The molecule has 0 saturated carbocycles. The summed E-state index contributed by atoms with van der Waals surface area (Å²) < 4.78 is 13.3. The highest BCUT2D eigenvalue weighted by molar-refractivity contribution is 9.10. The van der Waals surface area contributed by atoms with Gasteiger partial charge in [0.1, 0.15) is 11.4 Å². The molecular weight excluding hydrogens is 426 g/mol. The molecule has 1 aromatic carbocycles. The Balaban J connectivity index is 1.85. The van der Waals surface area contributed by atoms with E-state index in [2.05, 4.69) is 46.8 Å². The molecule has 0 aliphatic heterocycles. The van der Waals surface area contributed by atoms with E-state index in [1.54, 1.807) is 13.3 Å². The number of methoxy groups -OCH3 is 1. The zero-order valence-corrected chi connectivity index (χ0v) is 15.2. The molecule has 23 heavy (non-hydrogen) atoms. The molecule has 3 heterocycles. The number of rotatable bonds is 3. The van der Waals surface area contributed by atoms with Crippen LogP contribution >= 0.6 is 31.9 Å². The number of aromatic nitrogens is 3. The average molecular weight is 437 g/mol. The summed E-state index contributed by atoms with van der Waals surface area (Å²) in [6.45, 7) is 0. The fourth-order valence-corrected chi connectivity index (χ4v) is 3.35. The maximum atomic E-state index is 5.91. The number of H-pyrrole nitrogens is 2. The van der Waals surface area contributed by atoms with Crippen molar-refractivity contribution in [1.82, 2.24) is 15.0 Å². The number of benzene rings is 1. The third kappa shape index (κ3) is 2.49. The molecule has 0 fully saturated rings. The summed E-state index contributed by atoms with van der Waals surface area (Å²) in [6.07, 6.45) is 5.45. The van der Waals surface area contributed by atoms with Crippen molar-refractivity contribution in [2.24, 2.45) is 0 Å². The lowest BCUT2D eigenvalue weighted by atomic mass is 10.1. The van der Waals surface area contributed by atoms with E-state index in [0.717, 1.165) is 36.9 Å². The topological polar surface area (TPSA) is 66.8 Å². The summed E-state index contributed by atoms with van der Waals surface area (Å²) in [4.78, 5) is 10.7. The van der Waals surface area contributed by atoms with Gasteiger partial charge in [0.2, 0.25) is 5.89 Å². The molecule has 4 aromatic rings. The van der Waals surface area contributed by atoms with Crippen LogP contribution in [0.5, 0.6) is 5.75 Å². The van der Waals surface area contributed by atoms with E-state index >= 15 is 0 Å². The van der Waals surface area contributed by atoms with Gasteiger partial charge >= 0.3 is 0 Å². The van der Waals surface area contributed by atoms with Crippen molar-refractivity contribution in [3.8, 4) is 28.7 Å². The highest BCUT2D eigenvalue weighted by Crippen LogP contribution is 2.38. The van der Waals surface area contributed by atoms with Gasteiger partial charge in [-0.15, -0.1) is 0 Å². The maximum absolute atomic E-state index is 5.91. The van der Waals surface area contributed by atoms with Crippen LogP contribution in [0.15, 0.2) is 50.2 Å². The van der Waals surface area contributed by atoms with E-state index in [-0.39, 0.29) is 0 Å². The number of nitrogens with one attached hydrogen (secondary N) is 2. The fourth-order valence-electron chi connectivity index (χ4n) is 2.57. The van der Waals surface area contributed by atoms with Crippen LogP contribution in [0.1, 0.15) is 0 Å². The Bertz CT molecular complexity index is 1000.